The van der Waals surface area contributed by atoms with E-state index in [1.807, 2.05) is 0 Å². The van der Waals surface area contributed by atoms with E-state index < -0.39 is 48.3 Å². The third-order valence-electron chi connectivity index (χ3n) is 5.80. The Morgan fingerprint density at radius 1 is 0.545 bits per heavy atom. The molecule has 2 aromatic carbocycles. The second-order valence-electron chi connectivity index (χ2n) is 10.9. The van der Waals surface area contributed by atoms with Gasteiger partial charge in [-0.05, 0) is 72.9 Å². The summed E-state index contributed by atoms with van der Waals surface area (Å²) in [4.78, 5) is 52.6. The molecule has 0 atom stereocenters. The number of rotatable bonds is 10. The lowest BCUT2D eigenvalue weighted by Gasteiger charge is -2.16. The summed E-state index contributed by atoms with van der Waals surface area (Å²) in [5.74, 6) is -3.41. The van der Waals surface area contributed by atoms with Crippen LogP contribution in [0.2, 0.25) is 0 Å². The Bertz CT molecular complexity index is 1600. The highest BCUT2D eigenvalue weighted by atomic mass is 16.6. The van der Waals surface area contributed by atoms with E-state index >= 15 is 0 Å². The van der Waals surface area contributed by atoms with Crippen molar-refractivity contribution in [3.8, 4) is 11.4 Å². The SMILES string of the molecule is CC(C)OC(=O)c1nnn(-c2cccc3cccc(-n4nnc(C(=O)OC(C)C)c4C(=O)OC(C)C)c23)c1C(=O)OC(C)C. The van der Waals surface area contributed by atoms with Crippen LogP contribution in [0.1, 0.15) is 97.3 Å². The summed E-state index contributed by atoms with van der Waals surface area (Å²) in [6.07, 6.45) is -2.01. The van der Waals surface area contributed by atoms with Crippen LogP contribution in [0.15, 0.2) is 36.4 Å². The molecule has 0 N–H and O–H groups in total. The van der Waals surface area contributed by atoms with Gasteiger partial charge in [-0.3, -0.25) is 0 Å². The highest BCUT2D eigenvalue weighted by Gasteiger charge is 2.33. The van der Waals surface area contributed by atoms with Gasteiger partial charge in [0.2, 0.25) is 11.4 Å². The van der Waals surface area contributed by atoms with Crippen molar-refractivity contribution in [3.63, 3.8) is 0 Å². The largest absolute Gasteiger partial charge is 0.458 e. The number of hydrogen-bond donors (Lipinski definition) is 0. The third kappa shape index (κ3) is 6.58. The van der Waals surface area contributed by atoms with Crippen LogP contribution in [0, 0.1) is 0 Å². The minimum Gasteiger partial charge on any atom is -0.458 e. The van der Waals surface area contributed by atoms with Gasteiger partial charge in [-0.15, -0.1) is 10.2 Å². The number of aromatic nitrogens is 6. The zero-order chi connectivity index (χ0) is 32.3. The highest BCUT2D eigenvalue weighted by molar-refractivity contribution is 6.04. The summed E-state index contributed by atoms with van der Waals surface area (Å²) in [6, 6.07) is 10.3. The topological polar surface area (TPSA) is 167 Å². The van der Waals surface area contributed by atoms with Crippen LogP contribution in [0.4, 0.5) is 0 Å². The molecular formula is C30H34N6O8. The predicted molar refractivity (Wildman–Crippen MR) is 156 cm³/mol. The smallest absolute Gasteiger partial charge is 0.361 e. The van der Waals surface area contributed by atoms with E-state index in [0.29, 0.717) is 10.8 Å². The van der Waals surface area contributed by atoms with Crippen LogP contribution in [0.3, 0.4) is 0 Å². The molecule has 2 heterocycles. The normalized spacial score (nSPS) is 11.5. The Balaban J connectivity index is 2.02. The molecule has 0 spiro atoms. The minimum absolute atomic E-state index is 0.258. The number of ether oxygens (including phenoxy) is 4. The molecule has 4 rings (SSSR count). The van der Waals surface area contributed by atoms with E-state index in [2.05, 4.69) is 20.6 Å². The molecule has 0 saturated carbocycles. The summed E-state index contributed by atoms with van der Waals surface area (Å²) in [6.45, 7) is 13.3. The monoisotopic (exact) mass is 606 g/mol. The van der Waals surface area contributed by atoms with Crippen molar-refractivity contribution in [2.45, 2.75) is 79.8 Å². The molecule has 0 aliphatic heterocycles. The molecule has 0 bridgehead atoms. The summed E-state index contributed by atoms with van der Waals surface area (Å²) < 4.78 is 23.8. The van der Waals surface area contributed by atoms with Crippen LogP contribution in [-0.4, -0.2) is 78.3 Å². The fourth-order valence-corrected chi connectivity index (χ4v) is 4.28. The maximum Gasteiger partial charge on any atom is 0.361 e. The first-order valence-corrected chi connectivity index (χ1v) is 14.1. The standard InChI is InChI=1S/C30H34N6O8/c1-15(2)41-27(37)23-25(29(39)43-17(5)6)35(33-31-23)20-13-9-11-19-12-10-14-21(22(19)20)36-26(30(40)44-18(7)8)24(32-34-36)28(38)42-16(3)4/h9-18H,1-8H3. The van der Waals surface area contributed by atoms with Crippen LogP contribution >= 0.6 is 0 Å². The molecule has 0 amide bonds. The fraction of sp³-hybridized carbons (Fsp3) is 0.400. The van der Waals surface area contributed by atoms with Crippen molar-refractivity contribution >= 4 is 34.6 Å². The lowest BCUT2D eigenvalue weighted by molar-refractivity contribution is 0.0318. The molecule has 44 heavy (non-hydrogen) atoms. The third-order valence-corrected chi connectivity index (χ3v) is 5.80. The van der Waals surface area contributed by atoms with Crippen molar-refractivity contribution in [3.05, 3.63) is 59.2 Å². The summed E-state index contributed by atoms with van der Waals surface area (Å²) >= 11 is 0. The molecule has 0 saturated heterocycles. The van der Waals surface area contributed by atoms with Gasteiger partial charge in [0.25, 0.3) is 0 Å². The fourth-order valence-electron chi connectivity index (χ4n) is 4.28. The van der Waals surface area contributed by atoms with Gasteiger partial charge in [-0.2, -0.15) is 0 Å². The van der Waals surface area contributed by atoms with E-state index in [1.165, 1.54) is 9.36 Å². The molecule has 0 aliphatic rings. The van der Waals surface area contributed by atoms with E-state index in [1.54, 1.807) is 91.8 Å². The maximum atomic E-state index is 13.4. The van der Waals surface area contributed by atoms with Crippen molar-refractivity contribution in [2.75, 3.05) is 0 Å². The predicted octanol–water partition coefficient (Wildman–Crippen LogP) is 4.26. The lowest BCUT2D eigenvalue weighted by Crippen LogP contribution is -2.22. The van der Waals surface area contributed by atoms with Gasteiger partial charge in [-0.1, -0.05) is 34.7 Å². The summed E-state index contributed by atoms with van der Waals surface area (Å²) in [5.41, 5.74) is -0.611. The minimum atomic E-state index is -0.856. The summed E-state index contributed by atoms with van der Waals surface area (Å²) in [5, 5.41) is 17.3. The number of nitrogens with zero attached hydrogens (tertiary/aromatic N) is 6. The molecule has 0 unspecified atom stereocenters. The molecule has 0 fully saturated rings. The average Bonchev–Trinajstić information content (AvgIpc) is 3.56. The van der Waals surface area contributed by atoms with Crippen molar-refractivity contribution in [1.82, 2.24) is 30.0 Å². The summed E-state index contributed by atoms with van der Waals surface area (Å²) in [7, 11) is 0. The number of hydrogen-bond acceptors (Lipinski definition) is 12. The number of fused-ring (bicyclic) bond motifs is 1. The second-order valence-corrected chi connectivity index (χ2v) is 10.9. The molecule has 14 nitrogen and oxygen atoms in total. The first-order valence-electron chi connectivity index (χ1n) is 14.1. The molecule has 14 heteroatoms. The van der Waals surface area contributed by atoms with Gasteiger partial charge in [-0.25, -0.2) is 28.5 Å². The number of carbonyl (C=O) groups is 4. The molecule has 232 valence electrons. The maximum absolute atomic E-state index is 13.4. The van der Waals surface area contributed by atoms with Crippen LogP contribution in [0.5, 0.6) is 0 Å². The second kappa shape index (κ2) is 13.0. The van der Waals surface area contributed by atoms with Crippen LogP contribution < -0.4 is 0 Å². The lowest BCUT2D eigenvalue weighted by atomic mass is 10.1. The van der Waals surface area contributed by atoms with Gasteiger partial charge in [0.1, 0.15) is 0 Å². The van der Waals surface area contributed by atoms with E-state index in [-0.39, 0.29) is 34.2 Å². The first kappa shape index (κ1) is 31.8. The van der Waals surface area contributed by atoms with E-state index in [9.17, 15) is 19.2 Å². The quantitative estimate of drug-likeness (QED) is 0.186. The molecular weight excluding hydrogens is 572 g/mol. The Kier molecular flexibility index (Phi) is 9.40. The molecule has 0 radical (unpaired) electrons. The van der Waals surface area contributed by atoms with E-state index in [4.69, 9.17) is 18.9 Å². The molecule has 2 aromatic heterocycles. The van der Waals surface area contributed by atoms with Gasteiger partial charge < -0.3 is 18.9 Å². The zero-order valence-corrected chi connectivity index (χ0v) is 25.7. The first-order chi connectivity index (χ1) is 20.8. The number of carbonyl (C=O) groups excluding carboxylic acids is 4. The van der Waals surface area contributed by atoms with Crippen LogP contribution in [0.25, 0.3) is 22.1 Å². The Morgan fingerprint density at radius 3 is 1.23 bits per heavy atom. The van der Waals surface area contributed by atoms with Gasteiger partial charge in [0.05, 0.1) is 35.8 Å². The van der Waals surface area contributed by atoms with E-state index in [0.717, 1.165) is 0 Å². The Hall–Kier alpha value is -5.14. The average molecular weight is 607 g/mol. The highest BCUT2D eigenvalue weighted by Crippen LogP contribution is 2.31. The van der Waals surface area contributed by atoms with Gasteiger partial charge in [0, 0.05) is 5.39 Å². The van der Waals surface area contributed by atoms with Gasteiger partial charge in [0.15, 0.2) is 11.4 Å². The van der Waals surface area contributed by atoms with Crippen LogP contribution in [-0.2, 0) is 18.9 Å². The van der Waals surface area contributed by atoms with Crippen molar-refractivity contribution in [2.24, 2.45) is 0 Å². The molecule has 4 aromatic rings. The number of benzene rings is 2. The van der Waals surface area contributed by atoms with Gasteiger partial charge >= 0.3 is 23.9 Å². The molecule has 0 aliphatic carbocycles. The zero-order valence-electron chi connectivity index (χ0n) is 25.7. The Labute approximate surface area is 253 Å². The number of esters is 4. The van der Waals surface area contributed by atoms with Crippen molar-refractivity contribution < 1.29 is 38.1 Å². The Morgan fingerprint density at radius 2 is 0.886 bits per heavy atom. The van der Waals surface area contributed by atoms with Crippen molar-refractivity contribution in [1.29, 1.82) is 0 Å².